The predicted octanol–water partition coefficient (Wildman–Crippen LogP) is 1.95. The Morgan fingerprint density at radius 3 is 2.61 bits per heavy atom. The molecule has 0 spiro atoms. The fraction of sp³-hybridized carbons (Fsp3) is 0.333. The van der Waals surface area contributed by atoms with Gasteiger partial charge in [0, 0.05) is 18.5 Å². The third-order valence-electron chi connectivity index (χ3n) is 2.23. The predicted molar refractivity (Wildman–Crippen MR) is 64.7 cm³/mol. The monoisotopic (exact) mass is 257 g/mol. The van der Waals surface area contributed by atoms with Gasteiger partial charge in [0.1, 0.15) is 0 Å². The first kappa shape index (κ1) is 14.4. The lowest BCUT2D eigenvalue weighted by Gasteiger charge is -2.10. The van der Waals surface area contributed by atoms with Crippen LogP contribution in [-0.2, 0) is 6.18 Å². The van der Waals surface area contributed by atoms with E-state index < -0.39 is 11.7 Å². The summed E-state index contributed by atoms with van der Waals surface area (Å²) in [4.78, 5) is 0. The van der Waals surface area contributed by atoms with Gasteiger partial charge in [0.2, 0.25) is 0 Å². The lowest BCUT2D eigenvalue weighted by Crippen LogP contribution is -2.11. The van der Waals surface area contributed by atoms with Crippen molar-refractivity contribution < 1.29 is 13.2 Å². The van der Waals surface area contributed by atoms with Gasteiger partial charge in [0.15, 0.2) is 0 Å². The fourth-order valence-corrected chi connectivity index (χ4v) is 1.29. The summed E-state index contributed by atoms with van der Waals surface area (Å²) in [5.41, 5.74) is 2.09. The van der Waals surface area contributed by atoms with Crippen molar-refractivity contribution in [3.63, 3.8) is 0 Å². The van der Waals surface area contributed by atoms with E-state index in [4.69, 9.17) is 5.84 Å². The summed E-state index contributed by atoms with van der Waals surface area (Å²) in [6.07, 6.45) is -3.77. The van der Waals surface area contributed by atoms with Gasteiger partial charge in [-0.05, 0) is 25.2 Å². The Morgan fingerprint density at radius 2 is 2.06 bits per heavy atom. The maximum Gasteiger partial charge on any atom is 0.416 e. The van der Waals surface area contributed by atoms with Crippen LogP contribution in [0.2, 0.25) is 0 Å². The summed E-state index contributed by atoms with van der Waals surface area (Å²) >= 11 is 0. The second-order valence-corrected chi connectivity index (χ2v) is 3.56. The molecule has 0 heterocycles. The lowest BCUT2D eigenvalue weighted by molar-refractivity contribution is -0.137. The van der Waals surface area contributed by atoms with Crippen LogP contribution >= 0.6 is 0 Å². The third kappa shape index (κ3) is 3.95. The summed E-state index contributed by atoms with van der Waals surface area (Å²) in [6.45, 7) is 0.721. The molecule has 0 unspecified atom stereocenters. The molecule has 6 heteroatoms. The van der Waals surface area contributed by atoms with Crippen LogP contribution in [0.15, 0.2) is 18.2 Å². The molecule has 0 fully saturated rings. The Hall–Kier alpha value is -1.71. The van der Waals surface area contributed by atoms with Crippen LogP contribution in [0.3, 0.4) is 0 Å². The average Bonchev–Trinajstić information content (AvgIpc) is 2.33. The number of halogens is 3. The van der Waals surface area contributed by atoms with Gasteiger partial charge in [-0.2, -0.15) is 13.2 Å². The molecule has 0 atom stereocenters. The molecule has 1 rings (SSSR count). The minimum absolute atomic E-state index is 0.168. The van der Waals surface area contributed by atoms with Gasteiger partial charge in [-0.15, -0.1) is 0 Å². The topological polar surface area (TPSA) is 50.1 Å². The number of nitrogens with two attached hydrogens (primary N) is 1. The van der Waals surface area contributed by atoms with Crippen LogP contribution in [0.25, 0.3) is 0 Å². The van der Waals surface area contributed by atoms with Crippen molar-refractivity contribution in [1.82, 2.24) is 5.32 Å². The summed E-state index contributed by atoms with van der Waals surface area (Å²) in [7, 11) is 1.80. The number of benzene rings is 1. The number of nitrogen functional groups attached to an aromatic ring is 1. The van der Waals surface area contributed by atoms with E-state index in [1.54, 1.807) is 7.05 Å². The smallest absolute Gasteiger partial charge is 0.323 e. The van der Waals surface area contributed by atoms with Crippen molar-refractivity contribution in [3.8, 4) is 11.8 Å². The zero-order valence-electron chi connectivity index (χ0n) is 9.86. The number of hydrogen-bond donors (Lipinski definition) is 3. The number of hydrazine groups is 1. The summed E-state index contributed by atoms with van der Waals surface area (Å²) in [6, 6.07) is 3.25. The standard InChI is InChI=1S/C12H14F3N3/c1-17-7-3-2-4-9-5-6-10(12(13,14)15)8-11(9)18-16/h5-6,8,17-18H,3,7,16H2,1H3. The first-order chi connectivity index (χ1) is 8.49. The van der Waals surface area contributed by atoms with E-state index in [0.717, 1.165) is 18.7 Å². The third-order valence-corrected chi connectivity index (χ3v) is 2.23. The van der Waals surface area contributed by atoms with Crippen molar-refractivity contribution in [2.24, 2.45) is 5.84 Å². The Morgan fingerprint density at radius 1 is 1.33 bits per heavy atom. The molecule has 0 aliphatic heterocycles. The van der Waals surface area contributed by atoms with E-state index in [-0.39, 0.29) is 5.69 Å². The Bertz CT molecular complexity index is 458. The average molecular weight is 257 g/mol. The van der Waals surface area contributed by atoms with Gasteiger partial charge in [-0.3, -0.25) is 5.84 Å². The molecule has 1 aromatic carbocycles. The zero-order valence-corrected chi connectivity index (χ0v) is 9.86. The largest absolute Gasteiger partial charge is 0.416 e. The second-order valence-electron chi connectivity index (χ2n) is 3.56. The first-order valence-corrected chi connectivity index (χ1v) is 5.30. The van der Waals surface area contributed by atoms with Crippen LogP contribution in [0, 0.1) is 11.8 Å². The number of nitrogens with one attached hydrogen (secondary N) is 2. The molecule has 0 saturated heterocycles. The Balaban J connectivity index is 2.96. The highest BCUT2D eigenvalue weighted by Gasteiger charge is 2.30. The molecule has 0 aliphatic rings. The number of alkyl halides is 3. The van der Waals surface area contributed by atoms with E-state index in [1.165, 1.54) is 6.07 Å². The van der Waals surface area contributed by atoms with Crippen LogP contribution in [0.4, 0.5) is 18.9 Å². The SMILES string of the molecule is CNCCC#Cc1ccc(C(F)(F)F)cc1NN. The highest BCUT2D eigenvalue weighted by Crippen LogP contribution is 2.31. The highest BCUT2D eigenvalue weighted by atomic mass is 19.4. The Labute approximate surface area is 104 Å². The molecular weight excluding hydrogens is 243 g/mol. The molecule has 0 saturated carbocycles. The maximum absolute atomic E-state index is 12.5. The minimum Gasteiger partial charge on any atom is -0.323 e. The Kier molecular flexibility index (Phi) is 5.01. The van der Waals surface area contributed by atoms with Crippen LogP contribution in [0.1, 0.15) is 17.5 Å². The molecule has 0 amide bonds. The molecule has 1 aromatic rings. The van der Waals surface area contributed by atoms with Crippen molar-refractivity contribution in [3.05, 3.63) is 29.3 Å². The van der Waals surface area contributed by atoms with Gasteiger partial charge < -0.3 is 10.7 Å². The molecule has 18 heavy (non-hydrogen) atoms. The minimum atomic E-state index is -4.39. The number of rotatable bonds is 3. The molecule has 0 bridgehead atoms. The quantitative estimate of drug-likeness (QED) is 0.336. The van der Waals surface area contributed by atoms with Crippen LogP contribution in [0.5, 0.6) is 0 Å². The first-order valence-electron chi connectivity index (χ1n) is 5.30. The molecule has 0 aliphatic carbocycles. The second kappa shape index (κ2) is 6.28. The molecule has 0 aromatic heterocycles. The van der Waals surface area contributed by atoms with Gasteiger partial charge in [-0.1, -0.05) is 11.8 Å². The summed E-state index contributed by atoms with van der Waals surface area (Å²) < 4.78 is 37.4. The van der Waals surface area contributed by atoms with Crippen LogP contribution in [-0.4, -0.2) is 13.6 Å². The summed E-state index contributed by atoms with van der Waals surface area (Å²) in [5.74, 6) is 10.8. The van der Waals surface area contributed by atoms with Crippen molar-refractivity contribution >= 4 is 5.69 Å². The van der Waals surface area contributed by atoms with Gasteiger partial charge in [0.05, 0.1) is 11.3 Å². The lowest BCUT2D eigenvalue weighted by atomic mass is 10.1. The fourth-order valence-electron chi connectivity index (χ4n) is 1.29. The number of hydrogen-bond acceptors (Lipinski definition) is 3. The highest BCUT2D eigenvalue weighted by molar-refractivity contribution is 5.60. The molecular formula is C12H14F3N3. The summed E-state index contributed by atoms with van der Waals surface area (Å²) in [5, 5.41) is 2.92. The van der Waals surface area contributed by atoms with Gasteiger partial charge in [-0.25, -0.2) is 0 Å². The van der Waals surface area contributed by atoms with E-state index in [9.17, 15) is 13.2 Å². The van der Waals surface area contributed by atoms with E-state index in [0.29, 0.717) is 12.0 Å². The zero-order chi connectivity index (χ0) is 13.6. The van der Waals surface area contributed by atoms with Gasteiger partial charge in [0.25, 0.3) is 0 Å². The molecule has 4 N–H and O–H groups in total. The van der Waals surface area contributed by atoms with Crippen molar-refractivity contribution in [2.75, 3.05) is 19.0 Å². The van der Waals surface area contributed by atoms with E-state index in [2.05, 4.69) is 22.6 Å². The number of anilines is 1. The normalized spacial score (nSPS) is 10.7. The van der Waals surface area contributed by atoms with Crippen molar-refractivity contribution in [2.45, 2.75) is 12.6 Å². The maximum atomic E-state index is 12.5. The van der Waals surface area contributed by atoms with Gasteiger partial charge >= 0.3 is 6.18 Å². The van der Waals surface area contributed by atoms with E-state index >= 15 is 0 Å². The van der Waals surface area contributed by atoms with Crippen LogP contribution < -0.4 is 16.6 Å². The molecule has 3 nitrogen and oxygen atoms in total. The van der Waals surface area contributed by atoms with Crippen molar-refractivity contribution in [1.29, 1.82) is 0 Å². The molecule has 0 radical (unpaired) electrons. The molecule has 98 valence electrons. The van der Waals surface area contributed by atoms with E-state index in [1.807, 2.05) is 0 Å².